The van der Waals surface area contributed by atoms with Gasteiger partial charge in [0, 0.05) is 30.2 Å². The van der Waals surface area contributed by atoms with Gasteiger partial charge in [-0.25, -0.2) is 4.79 Å². The van der Waals surface area contributed by atoms with E-state index in [0.29, 0.717) is 13.1 Å². The molecule has 0 unspecified atom stereocenters. The van der Waals surface area contributed by atoms with Gasteiger partial charge in [-0.1, -0.05) is 6.07 Å². The molecule has 1 aromatic rings. The van der Waals surface area contributed by atoms with Crippen LogP contribution < -0.4 is 10.6 Å². The lowest BCUT2D eigenvalue weighted by atomic mass is 10.0. The minimum Gasteiger partial charge on any atom is -0.349 e. The van der Waals surface area contributed by atoms with Gasteiger partial charge in [-0.05, 0) is 76.1 Å². The zero-order chi connectivity index (χ0) is 18.0. The summed E-state index contributed by atoms with van der Waals surface area (Å²) in [5, 5.41) is 6.13. The van der Waals surface area contributed by atoms with Crippen molar-refractivity contribution >= 4 is 11.9 Å². The molecule has 0 radical (unpaired) electrons. The van der Waals surface area contributed by atoms with Crippen molar-refractivity contribution in [2.24, 2.45) is 0 Å². The van der Waals surface area contributed by atoms with Crippen LogP contribution in [-0.2, 0) is 12.8 Å². The first kappa shape index (κ1) is 17.8. The summed E-state index contributed by atoms with van der Waals surface area (Å²) in [5.41, 5.74) is 3.24. The van der Waals surface area contributed by atoms with Crippen molar-refractivity contribution in [3.8, 4) is 0 Å². The van der Waals surface area contributed by atoms with E-state index >= 15 is 0 Å². The molecule has 2 N–H and O–H groups in total. The van der Waals surface area contributed by atoms with Crippen LogP contribution in [0.2, 0.25) is 0 Å². The number of nitrogens with zero attached hydrogens (tertiary/aromatic N) is 1. The molecule has 2 aliphatic rings. The zero-order valence-corrected chi connectivity index (χ0v) is 15.5. The van der Waals surface area contributed by atoms with Crippen LogP contribution in [0.1, 0.15) is 61.5 Å². The van der Waals surface area contributed by atoms with Crippen molar-refractivity contribution in [1.82, 2.24) is 15.5 Å². The Labute approximate surface area is 150 Å². The van der Waals surface area contributed by atoms with Gasteiger partial charge in [0.2, 0.25) is 0 Å². The number of hydrogen-bond acceptors (Lipinski definition) is 2. The molecule has 1 heterocycles. The standard InChI is InChI=1S/C20H29N3O2/c1-20(2,3)22-19(25)23-11-9-17(10-12-23)21-18(24)16-8-7-14-5-4-6-15(14)13-16/h7-8,13,17H,4-6,9-12H2,1-3H3,(H,21,24)(H,22,25). The summed E-state index contributed by atoms with van der Waals surface area (Å²) in [7, 11) is 0. The molecule has 1 saturated heterocycles. The van der Waals surface area contributed by atoms with Gasteiger partial charge in [-0.3, -0.25) is 4.79 Å². The number of nitrogens with one attached hydrogen (secondary N) is 2. The van der Waals surface area contributed by atoms with Gasteiger partial charge in [0.05, 0.1) is 0 Å². The van der Waals surface area contributed by atoms with Crippen LogP contribution in [0.4, 0.5) is 4.79 Å². The van der Waals surface area contributed by atoms with Gasteiger partial charge < -0.3 is 15.5 Å². The first-order valence-electron chi connectivity index (χ1n) is 9.31. The van der Waals surface area contributed by atoms with Gasteiger partial charge in [0.1, 0.15) is 0 Å². The molecule has 0 aromatic heterocycles. The minimum absolute atomic E-state index is 0.00675. The SMILES string of the molecule is CC(C)(C)NC(=O)N1CCC(NC(=O)c2ccc3c(c2)CCC3)CC1. The van der Waals surface area contributed by atoms with E-state index in [4.69, 9.17) is 0 Å². The number of carbonyl (C=O) groups excluding carboxylic acids is 2. The first-order chi connectivity index (χ1) is 11.8. The number of benzene rings is 1. The molecule has 0 bridgehead atoms. The van der Waals surface area contributed by atoms with Crippen LogP contribution in [0.3, 0.4) is 0 Å². The van der Waals surface area contributed by atoms with Crippen molar-refractivity contribution < 1.29 is 9.59 Å². The van der Waals surface area contributed by atoms with Gasteiger partial charge in [-0.15, -0.1) is 0 Å². The van der Waals surface area contributed by atoms with E-state index in [0.717, 1.165) is 31.2 Å². The Morgan fingerprint density at radius 1 is 1.08 bits per heavy atom. The Bertz CT molecular complexity index is 655. The third-order valence-corrected chi connectivity index (χ3v) is 4.96. The fourth-order valence-electron chi connectivity index (χ4n) is 3.61. The molecule has 25 heavy (non-hydrogen) atoms. The Morgan fingerprint density at radius 2 is 1.76 bits per heavy atom. The smallest absolute Gasteiger partial charge is 0.317 e. The number of fused-ring (bicyclic) bond motifs is 1. The lowest BCUT2D eigenvalue weighted by Gasteiger charge is -2.34. The van der Waals surface area contributed by atoms with Crippen molar-refractivity contribution in [3.05, 3.63) is 34.9 Å². The second-order valence-electron chi connectivity index (χ2n) is 8.25. The van der Waals surface area contributed by atoms with Crippen LogP contribution in [0.15, 0.2) is 18.2 Å². The molecule has 0 atom stereocenters. The van der Waals surface area contributed by atoms with E-state index in [1.807, 2.05) is 37.8 Å². The third-order valence-electron chi connectivity index (χ3n) is 4.96. The summed E-state index contributed by atoms with van der Waals surface area (Å²) in [6, 6.07) is 6.20. The lowest BCUT2D eigenvalue weighted by Crippen LogP contribution is -2.53. The highest BCUT2D eigenvalue weighted by Gasteiger charge is 2.26. The summed E-state index contributed by atoms with van der Waals surface area (Å²) in [4.78, 5) is 26.5. The number of carbonyl (C=O) groups is 2. The van der Waals surface area contributed by atoms with Crippen LogP contribution in [-0.4, -0.2) is 41.5 Å². The molecular formula is C20H29N3O2. The molecule has 1 fully saturated rings. The van der Waals surface area contributed by atoms with Crippen LogP contribution in [0.25, 0.3) is 0 Å². The maximum absolute atomic E-state index is 12.5. The van der Waals surface area contributed by atoms with Crippen molar-refractivity contribution in [2.75, 3.05) is 13.1 Å². The maximum atomic E-state index is 12.5. The quantitative estimate of drug-likeness (QED) is 0.867. The second kappa shape index (κ2) is 7.06. The maximum Gasteiger partial charge on any atom is 0.317 e. The molecule has 0 spiro atoms. The average molecular weight is 343 g/mol. The molecule has 0 saturated carbocycles. The summed E-state index contributed by atoms with van der Waals surface area (Å²) in [6.45, 7) is 7.30. The molecule has 5 heteroatoms. The Hall–Kier alpha value is -2.04. The van der Waals surface area contributed by atoms with Crippen molar-refractivity contribution in [3.63, 3.8) is 0 Å². The summed E-state index contributed by atoms with van der Waals surface area (Å²) in [5.74, 6) is 0.00675. The molecule has 5 nitrogen and oxygen atoms in total. The van der Waals surface area contributed by atoms with Crippen LogP contribution in [0, 0.1) is 0 Å². The monoisotopic (exact) mass is 343 g/mol. The lowest BCUT2D eigenvalue weighted by molar-refractivity contribution is 0.0917. The summed E-state index contributed by atoms with van der Waals surface area (Å²) in [6.07, 6.45) is 5.00. The molecule has 3 rings (SSSR count). The van der Waals surface area contributed by atoms with Gasteiger partial charge >= 0.3 is 6.03 Å². The number of hydrogen-bond donors (Lipinski definition) is 2. The number of amides is 3. The first-order valence-corrected chi connectivity index (χ1v) is 9.31. The highest BCUT2D eigenvalue weighted by Crippen LogP contribution is 2.23. The number of piperidine rings is 1. The predicted molar refractivity (Wildman–Crippen MR) is 98.8 cm³/mol. The summed E-state index contributed by atoms with van der Waals surface area (Å²) >= 11 is 0. The van der Waals surface area contributed by atoms with Gasteiger partial charge in [0.25, 0.3) is 5.91 Å². The largest absolute Gasteiger partial charge is 0.349 e. The minimum atomic E-state index is -0.226. The van der Waals surface area contributed by atoms with Crippen LogP contribution >= 0.6 is 0 Å². The Balaban J connectivity index is 1.50. The third kappa shape index (κ3) is 4.53. The predicted octanol–water partition coefficient (Wildman–Crippen LogP) is 2.88. The number of rotatable bonds is 2. The fraction of sp³-hybridized carbons (Fsp3) is 0.600. The van der Waals surface area contributed by atoms with E-state index < -0.39 is 0 Å². The number of aryl methyl sites for hydroxylation is 2. The topological polar surface area (TPSA) is 61.4 Å². The van der Waals surface area contributed by atoms with E-state index in [9.17, 15) is 9.59 Å². The van der Waals surface area contributed by atoms with E-state index in [2.05, 4.69) is 16.7 Å². The molecule has 3 amide bonds. The molecule has 136 valence electrons. The Kier molecular flexibility index (Phi) is 5.02. The van der Waals surface area contributed by atoms with Gasteiger partial charge in [-0.2, -0.15) is 0 Å². The highest BCUT2D eigenvalue weighted by molar-refractivity contribution is 5.94. The van der Waals surface area contributed by atoms with E-state index in [1.165, 1.54) is 17.5 Å². The molecule has 1 aromatic carbocycles. The normalized spacial score (nSPS) is 18.0. The second-order valence-corrected chi connectivity index (χ2v) is 8.25. The average Bonchev–Trinajstić information content (AvgIpc) is 3.01. The van der Waals surface area contributed by atoms with E-state index in [1.54, 1.807) is 0 Å². The van der Waals surface area contributed by atoms with E-state index in [-0.39, 0.29) is 23.5 Å². The molecule has 1 aliphatic carbocycles. The molecular weight excluding hydrogens is 314 g/mol. The van der Waals surface area contributed by atoms with Crippen LogP contribution in [0.5, 0.6) is 0 Å². The van der Waals surface area contributed by atoms with Crippen molar-refractivity contribution in [1.29, 1.82) is 0 Å². The fourth-order valence-corrected chi connectivity index (χ4v) is 3.61. The zero-order valence-electron chi connectivity index (χ0n) is 15.5. The summed E-state index contributed by atoms with van der Waals surface area (Å²) < 4.78 is 0. The number of urea groups is 1. The van der Waals surface area contributed by atoms with Gasteiger partial charge in [0.15, 0.2) is 0 Å². The van der Waals surface area contributed by atoms with Crippen molar-refractivity contribution in [2.45, 2.75) is 64.5 Å². The number of likely N-dealkylation sites (tertiary alicyclic amines) is 1. The Morgan fingerprint density at radius 3 is 2.44 bits per heavy atom. The highest BCUT2D eigenvalue weighted by atomic mass is 16.2. The molecule has 1 aliphatic heterocycles.